The topological polar surface area (TPSA) is 29.5 Å². The molecule has 0 aromatic rings. The van der Waals surface area contributed by atoms with Crippen molar-refractivity contribution in [1.82, 2.24) is 0 Å². The molecule has 3 heteroatoms. The Hall–Kier alpha value is -0.0151. The molecule has 1 heterocycles. The van der Waals surface area contributed by atoms with Gasteiger partial charge in [-0.2, -0.15) is 0 Å². The molecule has 1 unspecified atom stereocenters. The van der Waals surface area contributed by atoms with Crippen LogP contribution >= 0.6 is 0 Å². The molecular weight excluding hydrogens is 139 g/mol. The molecule has 2 nitrogen and oxygen atoms in total. The zero-order valence-electron chi connectivity index (χ0n) is 7.21. The van der Waals surface area contributed by atoms with Gasteiger partial charge in [0.2, 0.25) is 0 Å². The maximum absolute atomic E-state index is 9.12. The number of hydrogen-bond acceptors (Lipinski definition) is 2. The SMILES string of the molecule is [B][C@H]1CC(C)[C@@](CC)(CO)O1. The molecule has 0 amide bonds. The van der Waals surface area contributed by atoms with E-state index in [2.05, 4.69) is 6.92 Å². The summed E-state index contributed by atoms with van der Waals surface area (Å²) in [6.07, 6.45) is 1.69. The number of ether oxygens (including phenoxy) is 1. The first kappa shape index (κ1) is 9.08. The van der Waals surface area contributed by atoms with E-state index in [-0.39, 0.29) is 18.2 Å². The monoisotopic (exact) mass is 154 g/mol. The minimum absolute atomic E-state index is 0.0817. The first-order valence-electron chi connectivity index (χ1n) is 4.19. The Morgan fingerprint density at radius 1 is 1.73 bits per heavy atom. The first-order valence-corrected chi connectivity index (χ1v) is 4.19. The van der Waals surface area contributed by atoms with Crippen molar-refractivity contribution in [3.8, 4) is 0 Å². The Balaban J connectivity index is 2.67. The van der Waals surface area contributed by atoms with Gasteiger partial charge in [0.1, 0.15) is 7.85 Å². The second-order valence-electron chi connectivity index (χ2n) is 3.37. The maximum Gasteiger partial charge on any atom is 0.109 e. The summed E-state index contributed by atoms with van der Waals surface area (Å²) in [6, 6.07) is -0.183. The van der Waals surface area contributed by atoms with Crippen LogP contribution in [-0.4, -0.2) is 31.2 Å². The van der Waals surface area contributed by atoms with E-state index in [1.807, 2.05) is 6.92 Å². The summed E-state index contributed by atoms with van der Waals surface area (Å²) in [5, 5.41) is 9.12. The van der Waals surface area contributed by atoms with Crippen molar-refractivity contribution in [3.63, 3.8) is 0 Å². The van der Waals surface area contributed by atoms with Gasteiger partial charge in [-0.15, -0.1) is 0 Å². The standard InChI is InChI=1S/C8H15BO2/c1-3-8(5-10)6(2)4-7(9)11-8/h6-7,10H,3-5H2,1-2H3/t6?,7-,8-/m1/s1. The van der Waals surface area contributed by atoms with Gasteiger partial charge in [-0.1, -0.05) is 13.8 Å². The first-order chi connectivity index (χ1) is 5.14. The number of aliphatic hydroxyl groups is 1. The predicted octanol–water partition coefficient (Wildman–Crippen LogP) is 0.678. The fourth-order valence-corrected chi connectivity index (χ4v) is 1.77. The van der Waals surface area contributed by atoms with E-state index in [4.69, 9.17) is 17.7 Å². The van der Waals surface area contributed by atoms with E-state index < -0.39 is 0 Å². The van der Waals surface area contributed by atoms with Crippen molar-refractivity contribution >= 4 is 7.85 Å². The molecule has 0 spiro atoms. The molecule has 3 atom stereocenters. The largest absolute Gasteiger partial charge is 0.393 e. The van der Waals surface area contributed by atoms with Crippen LogP contribution in [0.5, 0.6) is 0 Å². The lowest BCUT2D eigenvalue weighted by atomic mass is 9.84. The molecular formula is C8H15BO2. The Bertz CT molecular complexity index is 134. The second-order valence-corrected chi connectivity index (χ2v) is 3.37. The predicted molar refractivity (Wildman–Crippen MR) is 44.5 cm³/mol. The molecule has 2 radical (unpaired) electrons. The van der Waals surface area contributed by atoms with Crippen molar-refractivity contribution in [2.24, 2.45) is 5.92 Å². The van der Waals surface area contributed by atoms with Crippen molar-refractivity contribution in [2.75, 3.05) is 6.61 Å². The molecule has 0 aromatic heterocycles. The summed E-state index contributed by atoms with van der Waals surface area (Å²) in [4.78, 5) is 0. The molecule has 1 rings (SSSR count). The van der Waals surface area contributed by atoms with Gasteiger partial charge >= 0.3 is 0 Å². The van der Waals surface area contributed by atoms with Crippen LogP contribution < -0.4 is 0 Å². The van der Waals surface area contributed by atoms with Gasteiger partial charge in [-0.05, 0) is 18.8 Å². The fourth-order valence-electron chi connectivity index (χ4n) is 1.77. The van der Waals surface area contributed by atoms with Crippen LogP contribution in [0.3, 0.4) is 0 Å². The molecule has 1 aliphatic heterocycles. The number of hydrogen-bond donors (Lipinski definition) is 1. The van der Waals surface area contributed by atoms with Crippen molar-refractivity contribution in [3.05, 3.63) is 0 Å². The maximum atomic E-state index is 9.12. The highest BCUT2D eigenvalue weighted by Gasteiger charge is 2.42. The van der Waals surface area contributed by atoms with Crippen molar-refractivity contribution < 1.29 is 9.84 Å². The molecule has 1 fully saturated rings. The number of rotatable bonds is 2. The average Bonchev–Trinajstić information content (AvgIpc) is 2.27. The summed E-state index contributed by atoms with van der Waals surface area (Å²) < 4.78 is 5.49. The minimum atomic E-state index is -0.362. The van der Waals surface area contributed by atoms with Crippen LogP contribution in [0.4, 0.5) is 0 Å². The average molecular weight is 154 g/mol. The zero-order valence-corrected chi connectivity index (χ0v) is 7.21. The van der Waals surface area contributed by atoms with Crippen molar-refractivity contribution in [1.29, 1.82) is 0 Å². The van der Waals surface area contributed by atoms with Gasteiger partial charge in [-0.3, -0.25) is 0 Å². The lowest BCUT2D eigenvalue weighted by Gasteiger charge is -2.29. The highest BCUT2D eigenvalue weighted by molar-refractivity contribution is 6.11. The quantitative estimate of drug-likeness (QED) is 0.592. The van der Waals surface area contributed by atoms with E-state index in [9.17, 15) is 0 Å². The van der Waals surface area contributed by atoms with Crippen LogP contribution in [0.2, 0.25) is 0 Å². The molecule has 0 aliphatic carbocycles. The molecule has 1 saturated heterocycles. The van der Waals surface area contributed by atoms with E-state index in [0.717, 1.165) is 12.8 Å². The third-order valence-corrected chi connectivity index (χ3v) is 2.74. The molecule has 0 aromatic carbocycles. The van der Waals surface area contributed by atoms with Crippen LogP contribution in [0, 0.1) is 5.92 Å². The van der Waals surface area contributed by atoms with E-state index in [1.54, 1.807) is 0 Å². The molecule has 1 aliphatic rings. The van der Waals surface area contributed by atoms with Gasteiger partial charge in [0, 0.05) is 6.00 Å². The normalized spacial score (nSPS) is 44.6. The van der Waals surface area contributed by atoms with Crippen LogP contribution in [-0.2, 0) is 4.74 Å². The van der Waals surface area contributed by atoms with E-state index in [0.29, 0.717) is 5.92 Å². The summed E-state index contributed by atoms with van der Waals surface area (Å²) in [7, 11) is 5.62. The van der Waals surface area contributed by atoms with Gasteiger partial charge in [0.15, 0.2) is 0 Å². The third kappa shape index (κ3) is 1.45. The van der Waals surface area contributed by atoms with Crippen LogP contribution in [0.15, 0.2) is 0 Å². The summed E-state index contributed by atoms with van der Waals surface area (Å²) in [5.41, 5.74) is -0.362. The van der Waals surface area contributed by atoms with Crippen molar-refractivity contribution in [2.45, 2.75) is 38.3 Å². The molecule has 62 valence electrons. The summed E-state index contributed by atoms with van der Waals surface area (Å²) in [5.74, 6) is 0.368. The van der Waals surface area contributed by atoms with Crippen LogP contribution in [0.25, 0.3) is 0 Å². The number of aliphatic hydroxyl groups excluding tert-OH is 1. The van der Waals surface area contributed by atoms with Gasteiger partial charge in [0.05, 0.1) is 12.2 Å². The highest BCUT2D eigenvalue weighted by Crippen LogP contribution is 2.36. The fraction of sp³-hybridized carbons (Fsp3) is 1.00. The third-order valence-electron chi connectivity index (χ3n) is 2.74. The van der Waals surface area contributed by atoms with E-state index in [1.165, 1.54) is 0 Å². The van der Waals surface area contributed by atoms with Gasteiger partial charge < -0.3 is 9.84 Å². The molecule has 0 bridgehead atoms. The summed E-state index contributed by atoms with van der Waals surface area (Å²) >= 11 is 0. The smallest absolute Gasteiger partial charge is 0.109 e. The highest BCUT2D eigenvalue weighted by atomic mass is 16.5. The Morgan fingerprint density at radius 2 is 2.36 bits per heavy atom. The van der Waals surface area contributed by atoms with Crippen LogP contribution in [0.1, 0.15) is 26.7 Å². The summed E-state index contributed by atoms with van der Waals surface area (Å²) in [6.45, 7) is 4.18. The minimum Gasteiger partial charge on any atom is -0.393 e. The molecule has 1 N–H and O–H groups in total. The van der Waals surface area contributed by atoms with E-state index >= 15 is 0 Å². The lowest BCUT2D eigenvalue weighted by Crippen LogP contribution is -2.38. The zero-order chi connectivity index (χ0) is 8.48. The second kappa shape index (κ2) is 3.15. The lowest BCUT2D eigenvalue weighted by molar-refractivity contribution is -0.0709. The molecule has 0 saturated carbocycles. The Kier molecular flexibility index (Phi) is 2.60. The Morgan fingerprint density at radius 3 is 2.55 bits per heavy atom. The molecule has 11 heavy (non-hydrogen) atoms. The van der Waals surface area contributed by atoms with Gasteiger partial charge in [0.25, 0.3) is 0 Å². The Labute approximate surface area is 69.3 Å². The van der Waals surface area contributed by atoms with Gasteiger partial charge in [-0.25, -0.2) is 0 Å².